The standard InChI is InChI=1S/C16H21N3OSi/c1-13-7-5-8-14(20-21(2,3)4)16(13)19-12-9-15-17-10-6-11-18-15/h5-8,10-12H,9H2,1-4H3. The second-order valence-corrected chi connectivity index (χ2v) is 10.2. The summed E-state index contributed by atoms with van der Waals surface area (Å²) in [4.78, 5) is 13.0. The van der Waals surface area contributed by atoms with Crippen LogP contribution >= 0.6 is 0 Å². The van der Waals surface area contributed by atoms with Gasteiger partial charge in [-0.1, -0.05) is 12.1 Å². The highest BCUT2D eigenvalue weighted by molar-refractivity contribution is 6.70. The maximum atomic E-state index is 6.11. The van der Waals surface area contributed by atoms with Crippen LogP contribution in [0.5, 0.6) is 5.75 Å². The Bertz CT molecular complexity index is 621. The van der Waals surface area contributed by atoms with Gasteiger partial charge in [0, 0.05) is 25.0 Å². The van der Waals surface area contributed by atoms with Crippen LogP contribution in [0.25, 0.3) is 0 Å². The van der Waals surface area contributed by atoms with Gasteiger partial charge in [0.2, 0.25) is 8.32 Å². The monoisotopic (exact) mass is 299 g/mol. The van der Waals surface area contributed by atoms with Crippen molar-refractivity contribution in [1.29, 1.82) is 0 Å². The van der Waals surface area contributed by atoms with Crippen LogP contribution in [0.3, 0.4) is 0 Å². The Morgan fingerprint density at radius 3 is 2.52 bits per heavy atom. The Morgan fingerprint density at radius 2 is 1.86 bits per heavy atom. The number of rotatable bonds is 5. The number of aromatic nitrogens is 2. The maximum absolute atomic E-state index is 6.11. The van der Waals surface area contributed by atoms with Gasteiger partial charge in [0.05, 0.1) is 0 Å². The van der Waals surface area contributed by atoms with Crippen molar-refractivity contribution in [2.24, 2.45) is 4.99 Å². The van der Waals surface area contributed by atoms with E-state index >= 15 is 0 Å². The molecule has 0 radical (unpaired) electrons. The molecule has 1 aromatic carbocycles. The summed E-state index contributed by atoms with van der Waals surface area (Å²) in [5.74, 6) is 1.63. The van der Waals surface area contributed by atoms with Gasteiger partial charge < -0.3 is 4.43 Å². The minimum Gasteiger partial charge on any atom is -0.543 e. The zero-order valence-corrected chi connectivity index (χ0v) is 14.0. The lowest BCUT2D eigenvalue weighted by Gasteiger charge is -2.21. The predicted molar refractivity (Wildman–Crippen MR) is 89.0 cm³/mol. The third kappa shape index (κ3) is 4.79. The molecule has 5 heteroatoms. The third-order valence-corrected chi connectivity index (χ3v) is 3.56. The van der Waals surface area contributed by atoms with Crippen LogP contribution in [0.2, 0.25) is 19.6 Å². The SMILES string of the molecule is Cc1cccc(O[Si](C)(C)C)c1N=CCc1ncccn1. The number of hydrogen-bond acceptors (Lipinski definition) is 4. The van der Waals surface area contributed by atoms with Crippen LogP contribution in [0, 0.1) is 6.92 Å². The molecule has 0 aliphatic heterocycles. The Morgan fingerprint density at radius 1 is 1.14 bits per heavy atom. The van der Waals surface area contributed by atoms with Crippen molar-refractivity contribution >= 4 is 20.2 Å². The van der Waals surface area contributed by atoms with Gasteiger partial charge in [-0.05, 0) is 44.3 Å². The van der Waals surface area contributed by atoms with Crippen LogP contribution in [0.15, 0.2) is 41.7 Å². The Kier molecular flexibility index (Phi) is 4.85. The number of aryl methyl sites for hydroxylation is 1. The molecule has 0 atom stereocenters. The van der Waals surface area contributed by atoms with Crippen molar-refractivity contribution < 1.29 is 4.43 Å². The van der Waals surface area contributed by atoms with Crippen molar-refractivity contribution in [2.75, 3.05) is 0 Å². The van der Waals surface area contributed by atoms with E-state index in [0.717, 1.165) is 22.8 Å². The molecule has 0 amide bonds. The Labute approximate surface area is 127 Å². The first kappa shape index (κ1) is 15.4. The lowest BCUT2D eigenvalue weighted by molar-refractivity contribution is 0.558. The topological polar surface area (TPSA) is 47.4 Å². The van der Waals surface area contributed by atoms with Crippen molar-refractivity contribution in [1.82, 2.24) is 9.97 Å². The summed E-state index contributed by atoms with van der Waals surface area (Å²) in [5.41, 5.74) is 2.01. The van der Waals surface area contributed by atoms with E-state index in [0.29, 0.717) is 6.42 Å². The van der Waals surface area contributed by atoms with E-state index in [4.69, 9.17) is 4.43 Å². The third-order valence-electron chi connectivity index (χ3n) is 2.73. The van der Waals surface area contributed by atoms with E-state index in [1.807, 2.05) is 37.4 Å². The summed E-state index contributed by atoms with van der Waals surface area (Å²) in [5, 5.41) is 0. The molecule has 4 nitrogen and oxygen atoms in total. The maximum Gasteiger partial charge on any atom is 0.242 e. The van der Waals surface area contributed by atoms with Gasteiger partial charge in [0.25, 0.3) is 0 Å². The highest BCUT2D eigenvalue weighted by Crippen LogP contribution is 2.32. The second kappa shape index (κ2) is 6.63. The first-order valence-corrected chi connectivity index (χ1v) is 10.4. The molecule has 0 unspecified atom stereocenters. The average Bonchev–Trinajstić information content (AvgIpc) is 2.41. The minimum atomic E-state index is -1.65. The molecule has 2 rings (SSSR count). The first-order valence-electron chi connectivity index (χ1n) is 7.03. The molecule has 21 heavy (non-hydrogen) atoms. The lowest BCUT2D eigenvalue weighted by atomic mass is 10.2. The largest absolute Gasteiger partial charge is 0.543 e. The molecular weight excluding hydrogens is 278 g/mol. The fourth-order valence-corrected chi connectivity index (χ4v) is 2.69. The van der Waals surface area contributed by atoms with Gasteiger partial charge in [-0.3, -0.25) is 4.99 Å². The zero-order chi connectivity index (χ0) is 15.3. The molecule has 0 saturated heterocycles. The second-order valence-electron chi connectivity index (χ2n) is 5.82. The van der Waals surface area contributed by atoms with Crippen molar-refractivity contribution in [3.63, 3.8) is 0 Å². The summed E-state index contributed by atoms with van der Waals surface area (Å²) in [6.07, 6.45) is 5.93. The summed E-state index contributed by atoms with van der Waals surface area (Å²) in [6, 6.07) is 7.84. The van der Waals surface area contributed by atoms with E-state index in [1.54, 1.807) is 12.4 Å². The van der Waals surface area contributed by atoms with Crippen LogP contribution in [-0.2, 0) is 6.42 Å². The summed E-state index contributed by atoms with van der Waals surface area (Å²) >= 11 is 0. The zero-order valence-electron chi connectivity index (χ0n) is 13.0. The van der Waals surface area contributed by atoms with Gasteiger partial charge in [0.15, 0.2) is 0 Å². The molecule has 2 aromatic rings. The quantitative estimate of drug-likeness (QED) is 0.620. The molecule has 110 valence electrons. The van der Waals surface area contributed by atoms with E-state index in [1.165, 1.54) is 0 Å². The molecule has 1 aromatic heterocycles. The Hall–Kier alpha value is -2.01. The summed E-state index contributed by atoms with van der Waals surface area (Å²) in [6.45, 7) is 8.55. The van der Waals surface area contributed by atoms with E-state index in [2.05, 4.69) is 34.6 Å². The van der Waals surface area contributed by atoms with Gasteiger partial charge in [0.1, 0.15) is 17.3 Å². The van der Waals surface area contributed by atoms with E-state index in [9.17, 15) is 0 Å². The minimum absolute atomic E-state index is 0.613. The molecule has 0 bridgehead atoms. The highest BCUT2D eigenvalue weighted by atomic mass is 28.4. The van der Waals surface area contributed by atoms with Crippen molar-refractivity contribution in [2.45, 2.75) is 33.0 Å². The van der Waals surface area contributed by atoms with Crippen molar-refractivity contribution in [3.05, 3.63) is 48.0 Å². The fraction of sp³-hybridized carbons (Fsp3) is 0.312. The molecule has 0 fully saturated rings. The van der Waals surface area contributed by atoms with Gasteiger partial charge in [-0.2, -0.15) is 0 Å². The van der Waals surface area contributed by atoms with Crippen LogP contribution in [-0.4, -0.2) is 24.5 Å². The fourth-order valence-electron chi connectivity index (χ4n) is 1.86. The summed E-state index contributed by atoms with van der Waals surface area (Å²) < 4.78 is 6.11. The molecule has 0 N–H and O–H groups in total. The number of benzene rings is 1. The molecule has 0 aliphatic carbocycles. The predicted octanol–water partition coefficient (Wildman–Crippen LogP) is 3.94. The van der Waals surface area contributed by atoms with Crippen LogP contribution in [0.1, 0.15) is 11.4 Å². The number of aliphatic imine (C=N–C) groups is 1. The number of hydrogen-bond donors (Lipinski definition) is 0. The molecular formula is C16H21N3OSi. The lowest BCUT2D eigenvalue weighted by Crippen LogP contribution is -2.29. The smallest absolute Gasteiger partial charge is 0.242 e. The van der Waals surface area contributed by atoms with Gasteiger partial charge >= 0.3 is 0 Å². The molecule has 0 spiro atoms. The highest BCUT2D eigenvalue weighted by Gasteiger charge is 2.18. The first-order chi connectivity index (χ1) is 9.96. The van der Waals surface area contributed by atoms with Gasteiger partial charge in [-0.15, -0.1) is 0 Å². The average molecular weight is 299 g/mol. The van der Waals surface area contributed by atoms with E-state index < -0.39 is 8.32 Å². The number of nitrogens with zero attached hydrogens (tertiary/aromatic N) is 3. The van der Waals surface area contributed by atoms with E-state index in [-0.39, 0.29) is 0 Å². The molecule has 0 saturated carbocycles. The van der Waals surface area contributed by atoms with Gasteiger partial charge in [-0.25, -0.2) is 9.97 Å². The number of para-hydroxylation sites is 1. The normalized spacial score (nSPS) is 11.8. The molecule has 1 heterocycles. The summed E-state index contributed by atoms with van der Waals surface area (Å²) in [7, 11) is -1.65. The Balaban J connectivity index is 2.19. The van der Waals surface area contributed by atoms with Crippen LogP contribution in [0.4, 0.5) is 5.69 Å². The van der Waals surface area contributed by atoms with Crippen LogP contribution < -0.4 is 4.43 Å². The molecule has 0 aliphatic rings. The van der Waals surface area contributed by atoms with Crippen molar-refractivity contribution in [3.8, 4) is 5.75 Å².